The lowest BCUT2D eigenvalue weighted by Crippen LogP contribution is -2.14. The minimum atomic E-state index is -0.106. The second-order valence-electron chi connectivity index (χ2n) is 5.97. The van der Waals surface area contributed by atoms with Crippen molar-refractivity contribution in [2.75, 3.05) is 23.4 Å². The molecule has 0 fully saturated rings. The Morgan fingerprint density at radius 3 is 2.64 bits per heavy atom. The fourth-order valence-electron chi connectivity index (χ4n) is 2.70. The Bertz CT molecular complexity index is 940. The highest BCUT2D eigenvalue weighted by molar-refractivity contribution is 7.99. The molecule has 3 aromatic rings. The molecular weight excluding hydrogens is 374 g/mol. The van der Waals surface area contributed by atoms with E-state index >= 15 is 0 Å². The first-order valence-electron chi connectivity index (χ1n) is 9.05. The maximum Gasteiger partial charge on any atom is 0.234 e. The van der Waals surface area contributed by atoms with Crippen LogP contribution in [0.4, 0.5) is 11.4 Å². The fourth-order valence-corrected chi connectivity index (χ4v) is 3.50. The molecule has 2 aromatic carbocycles. The number of benzene rings is 2. The van der Waals surface area contributed by atoms with Gasteiger partial charge in [-0.05, 0) is 50.2 Å². The SMILES string of the molecule is CCOc1ccc(NC(=O)CSc2nnc(-c3cccc(N)c3)n2CC)cc1. The van der Waals surface area contributed by atoms with Crippen molar-refractivity contribution in [3.8, 4) is 17.1 Å². The molecule has 8 heteroatoms. The van der Waals surface area contributed by atoms with Crippen LogP contribution in [0, 0.1) is 0 Å². The van der Waals surface area contributed by atoms with Gasteiger partial charge in [0.2, 0.25) is 5.91 Å². The van der Waals surface area contributed by atoms with Crippen LogP contribution in [0.15, 0.2) is 53.7 Å². The van der Waals surface area contributed by atoms with Gasteiger partial charge >= 0.3 is 0 Å². The van der Waals surface area contributed by atoms with Crippen LogP contribution in [0.1, 0.15) is 13.8 Å². The van der Waals surface area contributed by atoms with Crippen LogP contribution in [0.3, 0.4) is 0 Å². The van der Waals surface area contributed by atoms with Crippen LogP contribution in [-0.4, -0.2) is 33.0 Å². The molecule has 1 aromatic heterocycles. The minimum Gasteiger partial charge on any atom is -0.494 e. The number of anilines is 2. The Kier molecular flexibility index (Phi) is 6.54. The first-order valence-corrected chi connectivity index (χ1v) is 10.0. The van der Waals surface area contributed by atoms with Gasteiger partial charge < -0.3 is 20.4 Å². The highest BCUT2D eigenvalue weighted by Gasteiger charge is 2.15. The Hall–Kier alpha value is -3.00. The van der Waals surface area contributed by atoms with Crippen LogP contribution in [0.25, 0.3) is 11.4 Å². The number of nitrogens with zero attached hydrogens (tertiary/aromatic N) is 3. The average Bonchev–Trinajstić information content (AvgIpc) is 3.11. The van der Waals surface area contributed by atoms with Crippen LogP contribution in [0.5, 0.6) is 5.75 Å². The van der Waals surface area contributed by atoms with Crippen LogP contribution >= 0.6 is 11.8 Å². The maximum absolute atomic E-state index is 12.3. The maximum atomic E-state index is 12.3. The lowest BCUT2D eigenvalue weighted by molar-refractivity contribution is -0.113. The van der Waals surface area contributed by atoms with Crippen molar-refractivity contribution in [3.05, 3.63) is 48.5 Å². The Morgan fingerprint density at radius 2 is 1.96 bits per heavy atom. The Morgan fingerprint density at radius 1 is 1.18 bits per heavy atom. The van der Waals surface area contributed by atoms with Gasteiger partial charge in [0.1, 0.15) is 5.75 Å². The molecule has 0 spiro atoms. The van der Waals surface area contributed by atoms with Gasteiger partial charge in [-0.25, -0.2) is 0 Å². The largest absolute Gasteiger partial charge is 0.494 e. The zero-order valence-corrected chi connectivity index (χ0v) is 16.7. The number of rotatable bonds is 8. The van der Waals surface area contributed by atoms with E-state index in [4.69, 9.17) is 10.5 Å². The summed E-state index contributed by atoms with van der Waals surface area (Å²) in [6.07, 6.45) is 0. The number of ether oxygens (including phenoxy) is 1. The van der Waals surface area contributed by atoms with E-state index in [0.29, 0.717) is 24.0 Å². The number of thioether (sulfide) groups is 1. The van der Waals surface area contributed by atoms with Gasteiger partial charge in [0.15, 0.2) is 11.0 Å². The number of hydrogen-bond acceptors (Lipinski definition) is 6. The number of hydrogen-bond donors (Lipinski definition) is 2. The molecule has 0 bridgehead atoms. The van der Waals surface area contributed by atoms with Gasteiger partial charge in [-0.2, -0.15) is 0 Å². The molecule has 146 valence electrons. The number of nitrogens with one attached hydrogen (secondary N) is 1. The smallest absolute Gasteiger partial charge is 0.234 e. The molecule has 0 saturated heterocycles. The summed E-state index contributed by atoms with van der Waals surface area (Å²) in [6, 6.07) is 14.8. The van der Waals surface area contributed by atoms with Crippen molar-refractivity contribution in [1.82, 2.24) is 14.8 Å². The van der Waals surface area contributed by atoms with Gasteiger partial charge in [0.25, 0.3) is 0 Å². The van der Waals surface area contributed by atoms with Crippen molar-refractivity contribution < 1.29 is 9.53 Å². The summed E-state index contributed by atoms with van der Waals surface area (Å²) in [4.78, 5) is 12.3. The molecule has 0 aliphatic carbocycles. The number of amides is 1. The minimum absolute atomic E-state index is 0.106. The predicted molar refractivity (Wildman–Crippen MR) is 113 cm³/mol. The molecule has 0 aliphatic heterocycles. The topological polar surface area (TPSA) is 95.1 Å². The number of carbonyl (C=O) groups is 1. The molecule has 28 heavy (non-hydrogen) atoms. The zero-order chi connectivity index (χ0) is 19.9. The number of nitrogens with two attached hydrogens (primary N) is 1. The van der Waals surface area contributed by atoms with Crippen molar-refractivity contribution >= 4 is 29.0 Å². The van der Waals surface area contributed by atoms with Crippen molar-refractivity contribution in [3.63, 3.8) is 0 Å². The van der Waals surface area contributed by atoms with Crippen molar-refractivity contribution in [2.24, 2.45) is 0 Å². The fraction of sp³-hybridized carbons (Fsp3) is 0.250. The van der Waals surface area contributed by atoms with Crippen LogP contribution in [0.2, 0.25) is 0 Å². The van der Waals surface area contributed by atoms with E-state index < -0.39 is 0 Å². The quantitative estimate of drug-likeness (QED) is 0.445. The Balaban J connectivity index is 1.63. The lowest BCUT2D eigenvalue weighted by Gasteiger charge is -2.09. The molecule has 0 aliphatic rings. The number of aromatic nitrogens is 3. The van der Waals surface area contributed by atoms with E-state index in [2.05, 4.69) is 15.5 Å². The van der Waals surface area contributed by atoms with E-state index in [1.807, 2.05) is 66.9 Å². The van der Waals surface area contributed by atoms with Crippen LogP contribution in [-0.2, 0) is 11.3 Å². The standard InChI is InChI=1S/C20H23N5O2S/c1-3-25-19(14-6-5-7-15(21)12-14)23-24-20(25)28-13-18(26)22-16-8-10-17(11-9-16)27-4-2/h5-12H,3-4,13,21H2,1-2H3,(H,22,26). The van der Waals surface area contributed by atoms with E-state index in [9.17, 15) is 4.79 Å². The number of nitrogen functional groups attached to an aromatic ring is 1. The summed E-state index contributed by atoms with van der Waals surface area (Å²) in [5.74, 6) is 1.65. The average molecular weight is 398 g/mol. The monoisotopic (exact) mass is 397 g/mol. The third-order valence-electron chi connectivity index (χ3n) is 3.96. The third kappa shape index (κ3) is 4.83. The highest BCUT2D eigenvalue weighted by Crippen LogP contribution is 2.25. The summed E-state index contributed by atoms with van der Waals surface area (Å²) in [7, 11) is 0. The summed E-state index contributed by atoms with van der Waals surface area (Å²) < 4.78 is 7.38. The zero-order valence-electron chi connectivity index (χ0n) is 15.9. The summed E-state index contributed by atoms with van der Waals surface area (Å²) in [6.45, 7) is 5.25. The third-order valence-corrected chi connectivity index (χ3v) is 4.93. The second-order valence-corrected chi connectivity index (χ2v) is 6.91. The molecule has 7 nitrogen and oxygen atoms in total. The predicted octanol–water partition coefficient (Wildman–Crippen LogP) is 3.68. The highest BCUT2D eigenvalue weighted by atomic mass is 32.2. The molecular formula is C20H23N5O2S. The van der Waals surface area contributed by atoms with Gasteiger partial charge in [0, 0.05) is 23.5 Å². The van der Waals surface area contributed by atoms with E-state index in [1.54, 1.807) is 0 Å². The number of carbonyl (C=O) groups excluding carboxylic acids is 1. The van der Waals surface area contributed by atoms with Crippen molar-refractivity contribution in [1.29, 1.82) is 0 Å². The Labute approximate surface area is 168 Å². The summed E-state index contributed by atoms with van der Waals surface area (Å²) in [5.41, 5.74) is 8.17. The van der Waals surface area contributed by atoms with E-state index in [-0.39, 0.29) is 11.7 Å². The molecule has 3 rings (SSSR count). The molecule has 1 amide bonds. The van der Waals surface area contributed by atoms with E-state index in [0.717, 1.165) is 22.8 Å². The molecule has 0 radical (unpaired) electrons. The molecule has 3 N–H and O–H groups in total. The van der Waals surface area contributed by atoms with Gasteiger partial charge in [0.05, 0.1) is 12.4 Å². The first-order chi connectivity index (χ1) is 13.6. The van der Waals surface area contributed by atoms with Gasteiger partial charge in [-0.3, -0.25) is 4.79 Å². The molecule has 0 atom stereocenters. The molecule has 0 saturated carbocycles. The lowest BCUT2D eigenvalue weighted by atomic mass is 10.2. The van der Waals surface area contributed by atoms with E-state index in [1.165, 1.54) is 11.8 Å². The van der Waals surface area contributed by atoms with Crippen LogP contribution < -0.4 is 15.8 Å². The van der Waals surface area contributed by atoms with Gasteiger partial charge in [-0.15, -0.1) is 10.2 Å². The van der Waals surface area contributed by atoms with Crippen molar-refractivity contribution in [2.45, 2.75) is 25.5 Å². The molecule has 1 heterocycles. The first kappa shape index (κ1) is 19.8. The summed E-state index contributed by atoms with van der Waals surface area (Å²) in [5, 5.41) is 12.1. The normalized spacial score (nSPS) is 10.6. The molecule has 0 unspecified atom stereocenters. The second kappa shape index (κ2) is 9.27. The summed E-state index contributed by atoms with van der Waals surface area (Å²) >= 11 is 1.35. The van der Waals surface area contributed by atoms with Gasteiger partial charge in [-0.1, -0.05) is 23.9 Å².